The van der Waals surface area contributed by atoms with Crippen LogP contribution < -0.4 is 10.2 Å². The number of hydrogen-bond acceptors (Lipinski definition) is 5. The Morgan fingerprint density at radius 3 is 2.94 bits per heavy atom. The van der Waals surface area contributed by atoms with Crippen LogP contribution in [-0.2, 0) is 11.2 Å². The summed E-state index contributed by atoms with van der Waals surface area (Å²) in [5.74, 6) is 0.951. The summed E-state index contributed by atoms with van der Waals surface area (Å²) in [5, 5.41) is 5.56. The van der Waals surface area contributed by atoms with Crippen molar-refractivity contribution in [2.45, 2.75) is 38.6 Å². The van der Waals surface area contributed by atoms with Gasteiger partial charge in [0.2, 0.25) is 0 Å². The Kier molecular flexibility index (Phi) is 6.60. The number of pyridine rings is 1. The Hall–Kier alpha value is -2.90. The minimum absolute atomic E-state index is 0.00753. The van der Waals surface area contributed by atoms with Crippen LogP contribution in [0, 0.1) is 0 Å². The molecule has 0 saturated carbocycles. The number of aromatic amines is 1. The van der Waals surface area contributed by atoms with Gasteiger partial charge in [-0.2, -0.15) is 0 Å². The highest BCUT2D eigenvalue weighted by molar-refractivity contribution is 7.20. The Balaban J connectivity index is 1.33. The molecule has 0 spiro atoms. The van der Waals surface area contributed by atoms with Gasteiger partial charge in [-0.1, -0.05) is 38.0 Å². The number of benzene rings is 1. The van der Waals surface area contributed by atoms with Gasteiger partial charge in [-0.15, -0.1) is 11.3 Å². The summed E-state index contributed by atoms with van der Waals surface area (Å²) in [6.45, 7) is 5.35. The molecule has 2 N–H and O–H groups in total. The van der Waals surface area contributed by atoms with E-state index in [1.807, 2.05) is 18.2 Å². The number of unbranched alkanes of at least 4 members (excludes halogenated alkanes) is 1. The predicted molar refractivity (Wildman–Crippen MR) is 135 cm³/mol. The summed E-state index contributed by atoms with van der Waals surface area (Å²) >= 11 is 1.47. The van der Waals surface area contributed by atoms with Crippen molar-refractivity contribution in [3.05, 3.63) is 59.1 Å². The van der Waals surface area contributed by atoms with Gasteiger partial charge in [-0.3, -0.25) is 4.79 Å². The molecule has 0 radical (unpaired) electrons. The van der Waals surface area contributed by atoms with Crippen LogP contribution in [0.15, 0.2) is 48.7 Å². The van der Waals surface area contributed by atoms with Crippen LogP contribution >= 0.6 is 11.3 Å². The van der Waals surface area contributed by atoms with E-state index in [1.54, 1.807) is 0 Å². The van der Waals surface area contributed by atoms with Crippen molar-refractivity contribution < 1.29 is 9.53 Å². The molecule has 1 aliphatic heterocycles. The first kappa shape index (κ1) is 21.9. The molecule has 7 heteroatoms. The maximum Gasteiger partial charge on any atom is 0.261 e. The van der Waals surface area contributed by atoms with E-state index in [2.05, 4.69) is 52.6 Å². The second-order valence-corrected chi connectivity index (χ2v) is 9.68. The lowest BCUT2D eigenvalue weighted by atomic mass is 10.0. The summed E-state index contributed by atoms with van der Waals surface area (Å²) in [6, 6.07) is 14.5. The van der Waals surface area contributed by atoms with Crippen molar-refractivity contribution in [1.29, 1.82) is 0 Å². The number of rotatable bonds is 8. The maximum absolute atomic E-state index is 13.2. The van der Waals surface area contributed by atoms with E-state index in [0.29, 0.717) is 0 Å². The molecule has 3 aromatic heterocycles. The number of morpholine rings is 1. The molecule has 4 aromatic rings. The van der Waals surface area contributed by atoms with Gasteiger partial charge in [0.1, 0.15) is 10.6 Å². The number of amides is 1. The van der Waals surface area contributed by atoms with Gasteiger partial charge in [0.25, 0.3) is 5.91 Å². The molecule has 1 atom stereocenters. The number of ether oxygens (including phenoxy) is 1. The van der Waals surface area contributed by atoms with Crippen molar-refractivity contribution in [3.63, 3.8) is 0 Å². The zero-order chi connectivity index (χ0) is 22.6. The molecular weight excluding hydrogens is 432 g/mol. The maximum atomic E-state index is 13.2. The van der Waals surface area contributed by atoms with Crippen molar-refractivity contribution in [3.8, 4) is 0 Å². The Morgan fingerprint density at radius 1 is 1.24 bits per heavy atom. The number of thiophene rings is 1. The number of nitrogens with one attached hydrogen (secondary N) is 2. The number of hydrogen-bond donors (Lipinski definition) is 2. The van der Waals surface area contributed by atoms with Crippen molar-refractivity contribution in [1.82, 2.24) is 15.3 Å². The molecule has 0 aliphatic carbocycles. The second kappa shape index (κ2) is 9.93. The molecule has 5 rings (SSSR count). The first-order valence-electron chi connectivity index (χ1n) is 11.8. The lowest BCUT2D eigenvalue weighted by molar-refractivity contribution is 0.0938. The minimum atomic E-state index is -0.00753. The third-order valence-corrected chi connectivity index (χ3v) is 7.35. The van der Waals surface area contributed by atoms with E-state index in [-0.39, 0.29) is 11.9 Å². The number of para-hydroxylation sites is 1. The van der Waals surface area contributed by atoms with Crippen LogP contribution in [0.1, 0.15) is 41.4 Å². The first-order valence-corrected chi connectivity index (χ1v) is 12.6. The van der Waals surface area contributed by atoms with Gasteiger partial charge in [-0.05, 0) is 42.7 Å². The highest BCUT2D eigenvalue weighted by atomic mass is 32.1. The summed E-state index contributed by atoms with van der Waals surface area (Å²) < 4.78 is 5.45. The molecule has 1 fully saturated rings. The third-order valence-electron chi connectivity index (χ3n) is 6.31. The summed E-state index contributed by atoms with van der Waals surface area (Å²) in [5.41, 5.74) is 2.39. The molecule has 6 nitrogen and oxygen atoms in total. The summed E-state index contributed by atoms with van der Waals surface area (Å²) in [7, 11) is 0. The standard InChI is InChI=1S/C26H30N4O2S/c1-2-3-6-20(15-19-17-27-22-8-5-4-7-21(19)22)28-25(31)23-16-18-9-10-24(29-26(18)33-23)30-11-13-32-14-12-30/h4-5,7-10,16-17,20,27H,2-3,6,11-15H2,1H3,(H,28,31). The molecule has 1 aliphatic rings. The molecule has 4 heterocycles. The van der Waals surface area contributed by atoms with Gasteiger partial charge in [0, 0.05) is 41.6 Å². The number of carbonyl (C=O) groups excluding carboxylic acids is 1. The number of carbonyl (C=O) groups is 1. The van der Waals surface area contributed by atoms with Gasteiger partial charge < -0.3 is 19.9 Å². The fourth-order valence-corrected chi connectivity index (χ4v) is 5.42. The fourth-order valence-electron chi connectivity index (χ4n) is 4.49. The second-order valence-electron chi connectivity index (χ2n) is 8.65. The predicted octanol–water partition coefficient (Wildman–Crippen LogP) is 5.15. The van der Waals surface area contributed by atoms with E-state index in [1.165, 1.54) is 22.3 Å². The molecule has 33 heavy (non-hydrogen) atoms. The number of aromatic nitrogens is 2. The topological polar surface area (TPSA) is 70.2 Å². The van der Waals surface area contributed by atoms with Crippen LogP contribution in [0.2, 0.25) is 0 Å². The summed E-state index contributed by atoms with van der Waals surface area (Å²) in [4.78, 5) is 25.3. The SMILES string of the molecule is CCCCC(Cc1c[nH]c2ccccc12)NC(=O)c1cc2ccc(N3CCOCC3)nc2s1. The third kappa shape index (κ3) is 4.89. The highest BCUT2D eigenvalue weighted by Gasteiger charge is 2.19. The van der Waals surface area contributed by atoms with Gasteiger partial charge in [0.15, 0.2) is 0 Å². The molecule has 1 unspecified atom stereocenters. The average Bonchev–Trinajstić information content (AvgIpc) is 3.47. The number of fused-ring (bicyclic) bond motifs is 2. The van der Waals surface area contributed by atoms with Crippen molar-refractivity contribution >= 4 is 44.2 Å². The first-order chi connectivity index (χ1) is 16.2. The Labute approximate surface area is 198 Å². The molecular formula is C26H30N4O2S. The lowest BCUT2D eigenvalue weighted by Crippen LogP contribution is -2.36. The van der Waals surface area contributed by atoms with Gasteiger partial charge in [-0.25, -0.2) is 4.98 Å². The molecule has 0 bridgehead atoms. The van der Waals surface area contributed by atoms with E-state index >= 15 is 0 Å². The smallest absolute Gasteiger partial charge is 0.261 e. The zero-order valence-electron chi connectivity index (χ0n) is 19.0. The zero-order valence-corrected chi connectivity index (χ0v) is 19.8. The average molecular weight is 463 g/mol. The fraction of sp³-hybridized carbons (Fsp3) is 0.385. The van der Waals surface area contributed by atoms with Gasteiger partial charge >= 0.3 is 0 Å². The van der Waals surface area contributed by atoms with E-state index in [4.69, 9.17) is 9.72 Å². The van der Waals surface area contributed by atoms with Crippen LogP contribution in [-0.4, -0.2) is 48.2 Å². The molecule has 1 aromatic carbocycles. The van der Waals surface area contributed by atoms with E-state index in [0.717, 1.165) is 78.4 Å². The quantitative estimate of drug-likeness (QED) is 0.380. The summed E-state index contributed by atoms with van der Waals surface area (Å²) in [6.07, 6.45) is 6.06. The van der Waals surface area contributed by atoms with Crippen molar-refractivity contribution in [2.75, 3.05) is 31.2 Å². The van der Waals surface area contributed by atoms with Crippen molar-refractivity contribution in [2.24, 2.45) is 0 Å². The lowest BCUT2D eigenvalue weighted by Gasteiger charge is -2.27. The van der Waals surface area contributed by atoms with Crippen LogP contribution in [0.25, 0.3) is 21.1 Å². The number of anilines is 1. The monoisotopic (exact) mass is 462 g/mol. The molecule has 1 saturated heterocycles. The normalized spacial score (nSPS) is 15.2. The largest absolute Gasteiger partial charge is 0.378 e. The van der Waals surface area contributed by atoms with Crippen LogP contribution in [0.3, 0.4) is 0 Å². The van der Waals surface area contributed by atoms with Crippen LogP contribution in [0.5, 0.6) is 0 Å². The molecule has 1 amide bonds. The van der Waals surface area contributed by atoms with Crippen LogP contribution in [0.4, 0.5) is 5.82 Å². The Morgan fingerprint density at radius 2 is 2.09 bits per heavy atom. The van der Waals surface area contributed by atoms with E-state index in [9.17, 15) is 4.79 Å². The van der Waals surface area contributed by atoms with E-state index < -0.39 is 0 Å². The van der Waals surface area contributed by atoms with Gasteiger partial charge in [0.05, 0.1) is 18.1 Å². The number of nitrogens with zero attached hydrogens (tertiary/aromatic N) is 2. The number of H-pyrrole nitrogens is 1. The Bertz CT molecular complexity index is 1240. The molecule has 172 valence electrons. The minimum Gasteiger partial charge on any atom is -0.378 e. The highest BCUT2D eigenvalue weighted by Crippen LogP contribution is 2.27.